The summed E-state index contributed by atoms with van der Waals surface area (Å²) in [4.78, 5) is 12.7. The SMILES string of the molecule is C(=NCCNCc1ccccn1)c1ccccn1. The van der Waals surface area contributed by atoms with E-state index in [-0.39, 0.29) is 0 Å². The van der Waals surface area contributed by atoms with E-state index in [0.717, 1.165) is 31.0 Å². The Kier molecular flexibility index (Phi) is 5.02. The molecule has 2 aromatic rings. The van der Waals surface area contributed by atoms with E-state index in [1.807, 2.05) is 36.4 Å². The normalized spacial score (nSPS) is 10.9. The van der Waals surface area contributed by atoms with Gasteiger partial charge in [0.05, 0.1) is 17.9 Å². The number of aromatic nitrogens is 2. The lowest BCUT2D eigenvalue weighted by Crippen LogP contribution is -2.17. The van der Waals surface area contributed by atoms with E-state index in [1.54, 1.807) is 18.6 Å². The van der Waals surface area contributed by atoms with Crippen molar-refractivity contribution in [3.8, 4) is 0 Å². The molecule has 18 heavy (non-hydrogen) atoms. The highest BCUT2D eigenvalue weighted by atomic mass is 14.9. The Bertz CT molecular complexity index is 468. The molecule has 0 unspecified atom stereocenters. The predicted molar refractivity (Wildman–Crippen MR) is 72.6 cm³/mol. The van der Waals surface area contributed by atoms with Gasteiger partial charge in [0, 0.05) is 31.7 Å². The minimum atomic E-state index is 0.739. The molecule has 0 atom stereocenters. The van der Waals surface area contributed by atoms with Crippen LogP contribution in [-0.4, -0.2) is 29.3 Å². The van der Waals surface area contributed by atoms with Crippen molar-refractivity contribution in [1.29, 1.82) is 0 Å². The molecule has 92 valence electrons. The molecule has 0 aliphatic carbocycles. The van der Waals surface area contributed by atoms with Crippen molar-refractivity contribution in [2.24, 2.45) is 4.99 Å². The fraction of sp³-hybridized carbons (Fsp3) is 0.214. The average Bonchev–Trinajstić information content (AvgIpc) is 2.45. The minimum Gasteiger partial charge on any atom is -0.309 e. The van der Waals surface area contributed by atoms with Gasteiger partial charge < -0.3 is 5.32 Å². The Morgan fingerprint density at radius 2 is 1.89 bits per heavy atom. The second-order valence-electron chi connectivity index (χ2n) is 3.79. The Balaban J connectivity index is 1.63. The van der Waals surface area contributed by atoms with Crippen LogP contribution < -0.4 is 5.32 Å². The molecular formula is C14H16N4. The van der Waals surface area contributed by atoms with Crippen LogP contribution in [-0.2, 0) is 6.54 Å². The molecule has 0 saturated carbocycles. The molecule has 0 aromatic carbocycles. The van der Waals surface area contributed by atoms with Crippen molar-refractivity contribution in [3.63, 3.8) is 0 Å². The zero-order chi connectivity index (χ0) is 12.5. The molecule has 0 amide bonds. The van der Waals surface area contributed by atoms with Gasteiger partial charge in [-0.15, -0.1) is 0 Å². The summed E-state index contributed by atoms with van der Waals surface area (Å²) >= 11 is 0. The van der Waals surface area contributed by atoms with E-state index >= 15 is 0 Å². The summed E-state index contributed by atoms with van der Waals surface area (Å²) in [6, 6.07) is 11.7. The Labute approximate surface area is 107 Å². The molecule has 2 aromatic heterocycles. The first-order chi connectivity index (χ1) is 8.95. The van der Waals surface area contributed by atoms with E-state index in [4.69, 9.17) is 0 Å². The number of nitrogens with zero attached hydrogens (tertiary/aromatic N) is 3. The lowest BCUT2D eigenvalue weighted by molar-refractivity contribution is 0.683. The summed E-state index contributed by atoms with van der Waals surface area (Å²) in [6.07, 6.45) is 5.36. The van der Waals surface area contributed by atoms with Gasteiger partial charge in [-0.2, -0.15) is 0 Å². The van der Waals surface area contributed by atoms with Gasteiger partial charge in [0.25, 0.3) is 0 Å². The Hall–Kier alpha value is -2.07. The van der Waals surface area contributed by atoms with Crippen molar-refractivity contribution in [1.82, 2.24) is 15.3 Å². The highest BCUT2D eigenvalue weighted by molar-refractivity contribution is 5.76. The molecule has 0 spiro atoms. The molecular weight excluding hydrogens is 224 g/mol. The molecule has 4 nitrogen and oxygen atoms in total. The van der Waals surface area contributed by atoms with Crippen molar-refractivity contribution in [2.45, 2.75) is 6.54 Å². The Morgan fingerprint density at radius 1 is 1.06 bits per heavy atom. The zero-order valence-corrected chi connectivity index (χ0v) is 10.2. The monoisotopic (exact) mass is 240 g/mol. The number of hydrogen-bond donors (Lipinski definition) is 1. The van der Waals surface area contributed by atoms with Crippen molar-refractivity contribution < 1.29 is 0 Å². The number of nitrogens with one attached hydrogen (secondary N) is 1. The third kappa shape index (κ3) is 4.43. The Morgan fingerprint density at radius 3 is 2.61 bits per heavy atom. The first kappa shape index (κ1) is 12.4. The van der Waals surface area contributed by atoms with Crippen LogP contribution in [0, 0.1) is 0 Å². The molecule has 0 fully saturated rings. The van der Waals surface area contributed by atoms with Gasteiger partial charge >= 0.3 is 0 Å². The smallest absolute Gasteiger partial charge is 0.0807 e. The van der Waals surface area contributed by atoms with Gasteiger partial charge in [0.15, 0.2) is 0 Å². The van der Waals surface area contributed by atoms with Crippen molar-refractivity contribution in [3.05, 3.63) is 60.2 Å². The van der Waals surface area contributed by atoms with Gasteiger partial charge in [-0.25, -0.2) is 0 Å². The number of aliphatic imine (C=N–C) groups is 1. The molecule has 2 rings (SSSR count). The molecule has 1 N–H and O–H groups in total. The minimum absolute atomic E-state index is 0.739. The molecule has 0 saturated heterocycles. The molecule has 2 heterocycles. The molecule has 0 bridgehead atoms. The van der Waals surface area contributed by atoms with E-state index in [0.29, 0.717) is 0 Å². The summed E-state index contributed by atoms with van der Waals surface area (Å²) in [5.74, 6) is 0. The molecule has 0 radical (unpaired) electrons. The zero-order valence-electron chi connectivity index (χ0n) is 10.2. The average molecular weight is 240 g/mol. The maximum Gasteiger partial charge on any atom is 0.0807 e. The third-order valence-electron chi connectivity index (χ3n) is 2.36. The molecule has 0 aliphatic rings. The first-order valence-corrected chi connectivity index (χ1v) is 5.96. The summed E-state index contributed by atoms with van der Waals surface area (Å²) in [5, 5.41) is 3.29. The third-order valence-corrected chi connectivity index (χ3v) is 2.36. The topological polar surface area (TPSA) is 50.2 Å². The van der Waals surface area contributed by atoms with E-state index in [2.05, 4.69) is 20.3 Å². The van der Waals surface area contributed by atoms with Crippen LogP contribution in [0.5, 0.6) is 0 Å². The summed E-state index contributed by atoms with van der Waals surface area (Å²) in [5.41, 5.74) is 1.94. The highest BCUT2D eigenvalue weighted by Crippen LogP contribution is 1.91. The lowest BCUT2D eigenvalue weighted by atomic mass is 10.3. The van der Waals surface area contributed by atoms with Gasteiger partial charge in [-0.1, -0.05) is 12.1 Å². The molecule has 0 aliphatic heterocycles. The van der Waals surface area contributed by atoms with Gasteiger partial charge in [-0.3, -0.25) is 15.0 Å². The van der Waals surface area contributed by atoms with Gasteiger partial charge in [-0.05, 0) is 24.3 Å². The van der Waals surface area contributed by atoms with Crippen molar-refractivity contribution in [2.75, 3.05) is 13.1 Å². The van der Waals surface area contributed by atoms with E-state index in [1.165, 1.54) is 0 Å². The van der Waals surface area contributed by atoms with Gasteiger partial charge in [0.1, 0.15) is 0 Å². The first-order valence-electron chi connectivity index (χ1n) is 5.96. The largest absolute Gasteiger partial charge is 0.309 e. The quantitative estimate of drug-likeness (QED) is 0.617. The second kappa shape index (κ2) is 7.29. The highest BCUT2D eigenvalue weighted by Gasteiger charge is 1.91. The van der Waals surface area contributed by atoms with Crippen LogP contribution in [0.25, 0.3) is 0 Å². The van der Waals surface area contributed by atoms with Crippen LogP contribution in [0.15, 0.2) is 53.8 Å². The van der Waals surface area contributed by atoms with Crippen LogP contribution in [0.2, 0.25) is 0 Å². The maximum absolute atomic E-state index is 4.30. The fourth-order valence-electron chi connectivity index (χ4n) is 1.47. The lowest BCUT2D eigenvalue weighted by Gasteiger charge is -2.01. The summed E-state index contributed by atoms with van der Waals surface area (Å²) in [7, 11) is 0. The van der Waals surface area contributed by atoms with Crippen LogP contribution in [0.1, 0.15) is 11.4 Å². The predicted octanol–water partition coefficient (Wildman–Crippen LogP) is 1.69. The van der Waals surface area contributed by atoms with Gasteiger partial charge in [0.2, 0.25) is 0 Å². The second-order valence-corrected chi connectivity index (χ2v) is 3.79. The molecule has 4 heteroatoms. The number of rotatable bonds is 6. The number of pyridine rings is 2. The van der Waals surface area contributed by atoms with Crippen LogP contribution >= 0.6 is 0 Å². The summed E-state index contributed by atoms with van der Waals surface area (Å²) in [6.45, 7) is 2.35. The van der Waals surface area contributed by atoms with E-state index < -0.39 is 0 Å². The van der Waals surface area contributed by atoms with E-state index in [9.17, 15) is 0 Å². The summed E-state index contributed by atoms with van der Waals surface area (Å²) < 4.78 is 0. The number of hydrogen-bond acceptors (Lipinski definition) is 4. The maximum atomic E-state index is 4.30. The van der Waals surface area contributed by atoms with Crippen LogP contribution in [0.3, 0.4) is 0 Å². The standard InChI is InChI=1S/C14H16N4/c1-3-7-17-13(5-1)11-15-9-10-16-12-14-6-2-4-8-18-14/h1-8,11,16H,9-10,12H2. The van der Waals surface area contributed by atoms with Crippen molar-refractivity contribution >= 4 is 6.21 Å². The fourth-order valence-corrected chi connectivity index (χ4v) is 1.47. The van der Waals surface area contributed by atoms with Crippen LogP contribution in [0.4, 0.5) is 0 Å².